The molecule has 0 radical (unpaired) electrons. The number of halogens is 1. The van der Waals surface area contributed by atoms with E-state index in [2.05, 4.69) is 4.98 Å². The molecule has 1 aliphatic heterocycles. The summed E-state index contributed by atoms with van der Waals surface area (Å²) in [5, 5.41) is 0. The molecular formula is C20H17FN2O3. The zero-order valence-corrected chi connectivity index (χ0v) is 14.0. The van der Waals surface area contributed by atoms with Gasteiger partial charge in [-0.25, -0.2) is 9.37 Å². The second kappa shape index (κ2) is 7.09. The molecule has 1 saturated heterocycles. The van der Waals surface area contributed by atoms with Crippen LogP contribution in [0.1, 0.15) is 17.6 Å². The van der Waals surface area contributed by atoms with E-state index in [1.165, 1.54) is 18.2 Å². The summed E-state index contributed by atoms with van der Waals surface area (Å²) < 4.78 is 24.4. The second-order valence-electron chi connectivity index (χ2n) is 6.05. The first-order valence-corrected chi connectivity index (χ1v) is 8.39. The van der Waals surface area contributed by atoms with Crippen molar-refractivity contribution >= 4 is 23.1 Å². The van der Waals surface area contributed by atoms with E-state index in [1.807, 2.05) is 24.3 Å². The Balaban J connectivity index is 1.44. The predicted molar refractivity (Wildman–Crippen MR) is 94.7 cm³/mol. The van der Waals surface area contributed by atoms with Crippen molar-refractivity contribution in [3.8, 4) is 0 Å². The van der Waals surface area contributed by atoms with Crippen molar-refractivity contribution in [2.45, 2.75) is 6.10 Å². The van der Waals surface area contributed by atoms with Gasteiger partial charge in [-0.15, -0.1) is 0 Å². The molecule has 1 atom stereocenters. The Morgan fingerprint density at radius 3 is 2.81 bits per heavy atom. The van der Waals surface area contributed by atoms with Crippen molar-refractivity contribution in [3.05, 3.63) is 71.9 Å². The van der Waals surface area contributed by atoms with Crippen molar-refractivity contribution in [2.24, 2.45) is 0 Å². The molecule has 0 bridgehead atoms. The van der Waals surface area contributed by atoms with Gasteiger partial charge in [0.15, 0.2) is 5.58 Å². The highest BCUT2D eigenvalue weighted by atomic mass is 19.1. The molecule has 0 N–H and O–H groups in total. The van der Waals surface area contributed by atoms with Crippen LogP contribution in [0.15, 0.2) is 59.0 Å². The first-order valence-electron chi connectivity index (χ1n) is 8.39. The van der Waals surface area contributed by atoms with Crippen molar-refractivity contribution < 1.29 is 18.3 Å². The van der Waals surface area contributed by atoms with E-state index in [0.717, 1.165) is 11.1 Å². The lowest BCUT2D eigenvalue weighted by molar-refractivity contribution is -0.133. The Hall–Kier alpha value is -2.99. The molecule has 2 heterocycles. The third-order valence-electron chi connectivity index (χ3n) is 4.30. The Kier molecular flexibility index (Phi) is 4.50. The van der Waals surface area contributed by atoms with Crippen LogP contribution < -0.4 is 0 Å². The number of para-hydroxylation sites is 2. The van der Waals surface area contributed by atoms with Gasteiger partial charge in [0.05, 0.1) is 13.2 Å². The summed E-state index contributed by atoms with van der Waals surface area (Å²) in [6, 6.07) is 13.6. The van der Waals surface area contributed by atoms with E-state index in [-0.39, 0.29) is 17.8 Å². The highest BCUT2D eigenvalue weighted by Crippen LogP contribution is 2.23. The number of rotatable bonds is 3. The molecule has 26 heavy (non-hydrogen) atoms. The molecule has 4 rings (SSSR count). The van der Waals surface area contributed by atoms with Crippen LogP contribution in [-0.2, 0) is 9.53 Å². The summed E-state index contributed by atoms with van der Waals surface area (Å²) >= 11 is 0. The maximum absolute atomic E-state index is 13.1. The molecule has 1 amide bonds. The third kappa shape index (κ3) is 3.50. The molecule has 5 nitrogen and oxygen atoms in total. The van der Waals surface area contributed by atoms with Crippen LogP contribution in [0, 0.1) is 5.82 Å². The quantitative estimate of drug-likeness (QED) is 0.676. The molecule has 0 spiro atoms. The van der Waals surface area contributed by atoms with Crippen molar-refractivity contribution in [3.63, 3.8) is 0 Å². The summed E-state index contributed by atoms with van der Waals surface area (Å²) in [6.45, 7) is 1.36. The average Bonchev–Trinajstić information content (AvgIpc) is 3.10. The van der Waals surface area contributed by atoms with Gasteiger partial charge in [-0.2, -0.15) is 0 Å². The van der Waals surface area contributed by atoms with Gasteiger partial charge in [-0.05, 0) is 29.8 Å². The number of carbonyl (C=O) groups is 1. The number of hydrogen-bond donors (Lipinski definition) is 0. The van der Waals surface area contributed by atoms with Crippen molar-refractivity contribution in [2.75, 3.05) is 19.7 Å². The number of oxazole rings is 1. The zero-order chi connectivity index (χ0) is 17.9. The minimum atomic E-state index is -0.293. The normalized spacial score (nSPS) is 17.9. The van der Waals surface area contributed by atoms with Crippen molar-refractivity contribution in [1.29, 1.82) is 0 Å². The van der Waals surface area contributed by atoms with Crippen LogP contribution in [0.3, 0.4) is 0 Å². The van der Waals surface area contributed by atoms with Gasteiger partial charge < -0.3 is 14.1 Å². The van der Waals surface area contributed by atoms with Crippen LogP contribution in [0.25, 0.3) is 17.2 Å². The van der Waals surface area contributed by atoms with E-state index in [9.17, 15) is 9.18 Å². The fourth-order valence-corrected chi connectivity index (χ4v) is 2.94. The summed E-state index contributed by atoms with van der Waals surface area (Å²) in [5.74, 6) is -0.0377. The number of fused-ring (bicyclic) bond motifs is 1. The maximum atomic E-state index is 13.1. The Morgan fingerprint density at radius 2 is 2.00 bits per heavy atom. The number of hydrogen-bond acceptors (Lipinski definition) is 4. The summed E-state index contributed by atoms with van der Waals surface area (Å²) in [6.07, 6.45) is 2.77. The number of carbonyl (C=O) groups excluding carboxylic acids is 1. The van der Waals surface area contributed by atoms with Gasteiger partial charge in [0.1, 0.15) is 17.4 Å². The van der Waals surface area contributed by atoms with Gasteiger partial charge in [0.25, 0.3) is 0 Å². The fraction of sp³-hybridized carbons (Fsp3) is 0.200. The Morgan fingerprint density at radius 1 is 1.19 bits per heavy atom. The Labute approximate surface area is 149 Å². The Bertz CT molecular complexity index is 916. The number of benzene rings is 2. The van der Waals surface area contributed by atoms with Crippen LogP contribution in [0.4, 0.5) is 4.39 Å². The highest BCUT2D eigenvalue weighted by Gasteiger charge is 2.24. The predicted octanol–water partition coefficient (Wildman–Crippen LogP) is 3.58. The largest absolute Gasteiger partial charge is 0.437 e. The first-order chi connectivity index (χ1) is 12.7. The van der Waals surface area contributed by atoms with E-state index in [4.69, 9.17) is 9.15 Å². The molecule has 1 aliphatic rings. The lowest BCUT2D eigenvalue weighted by atomic mass is 10.1. The molecule has 0 saturated carbocycles. The summed E-state index contributed by atoms with van der Waals surface area (Å²) in [4.78, 5) is 18.5. The summed E-state index contributed by atoms with van der Waals surface area (Å²) in [7, 11) is 0. The van der Waals surface area contributed by atoms with Gasteiger partial charge in [0, 0.05) is 18.7 Å². The van der Waals surface area contributed by atoms with Crippen LogP contribution in [0.2, 0.25) is 0 Å². The molecule has 3 aromatic rings. The molecule has 2 aromatic carbocycles. The van der Waals surface area contributed by atoms with E-state index >= 15 is 0 Å². The topological polar surface area (TPSA) is 55.6 Å². The molecular weight excluding hydrogens is 335 g/mol. The number of amides is 1. The minimum absolute atomic E-state index is 0.136. The molecule has 0 aliphatic carbocycles. The van der Waals surface area contributed by atoms with E-state index in [0.29, 0.717) is 31.2 Å². The van der Waals surface area contributed by atoms with E-state index in [1.54, 1.807) is 23.1 Å². The molecule has 132 valence electrons. The highest BCUT2D eigenvalue weighted by molar-refractivity contribution is 5.91. The van der Waals surface area contributed by atoms with Crippen LogP contribution in [0.5, 0.6) is 0 Å². The minimum Gasteiger partial charge on any atom is -0.437 e. The standard InChI is InChI=1S/C20H17FN2O3/c21-15-7-5-14(6-8-15)18-13-23(11-12-25-18)20(24)10-9-19-22-16-3-1-2-4-17(16)26-19/h1-10,18H,11-13H2/b10-9+. The molecule has 1 fully saturated rings. The smallest absolute Gasteiger partial charge is 0.246 e. The molecule has 1 unspecified atom stereocenters. The lowest BCUT2D eigenvalue weighted by Crippen LogP contribution is -2.41. The molecule has 1 aromatic heterocycles. The number of ether oxygens (including phenoxy) is 1. The van der Waals surface area contributed by atoms with Crippen LogP contribution >= 0.6 is 0 Å². The fourth-order valence-electron chi connectivity index (χ4n) is 2.94. The monoisotopic (exact) mass is 352 g/mol. The van der Waals surface area contributed by atoms with Crippen molar-refractivity contribution in [1.82, 2.24) is 9.88 Å². The van der Waals surface area contributed by atoms with E-state index < -0.39 is 0 Å². The maximum Gasteiger partial charge on any atom is 0.246 e. The number of nitrogens with zero attached hydrogens (tertiary/aromatic N) is 2. The van der Waals surface area contributed by atoms with Gasteiger partial charge in [-0.1, -0.05) is 24.3 Å². The first kappa shape index (κ1) is 16.5. The number of aromatic nitrogens is 1. The third-order valence-corrected chi connectivity index (χ3v) is 4.30. The second-order valence-corrected chi connectivity index (χ2v) is 6.05. The average molecular weight is 352 g/mol. The van der Waals surface area contributed by atoms with Gasteiger partial charge in [-0.3, -0.25) is 4.79 Å². The SMILES string of the molecule is O=C(/C=C/c1nc2ccccc2o1)N1CCOC(c2ccc(F)cc2)C1. The van der Waals surface area contributed by atoms with Gasteiger partial charge in [0.2, 0.25) is 11.8 Å². The zero-order valence-electron chi connectivity index (χ0n) is 14.0. The molecule has 6 heteroatoms. The van der Waals surface area contributed by atoms with Gasteiger partial charge >= 0.3 is 0 Å². The van der Waals surface area contributed by atoms with Crippen LogP contribution in [-0.4, -0.2) is 35.5 Å². The number of morpholine rings is 1. The summed E-state index contributed by atoms with van der Waals surface area (Å²) in [5.41, 5.74) is 2.29. The lowest BCUT2D eigenvalue weighted by Gasteiger charge is -2.32.